The van der Waals surface area contributed by atoms with Crippen molar-refractivity contribution in [1.29, 1.82) is 0 Å². The molecule has 0 saturated heterocycles. The molecule has 3 nitrogen and oxygen atoms in total. The van der Waals surface area contributed by atoms with Crippen molar-refractivity contribution >= 4 is 28.2 Å². The molecule has 2 aromatic heterocycles. The molecule has 0 radical (unpaired) electrons. The molecule has 1 aromatic carbocycles. The highest BCUT2D eigenvalue weighted by Crippen LogP contribution is 2.30. The molecule has 0 amide bonds. The Morgan fingerprint density at radius 2 is 2.05 bits per heavy atom. The Morgan fingerprint density at radius 1 is 1.25 bits per heavy atom. The number of aromatic carboxylic acids is 1. The van der Waals surface area contributed by atoms with E-state index in [9.17, 15) is 14.3 Å². The molecule has 0 spiro atoms. The minimum Gasteiger partial charge on any atom is -0.478 e. The lowest BCUT2D eigenvalue weighted by atomic mass is 10.1. The number of hydrogen-bond donors (Lipinski definition) is 1. The van der Waals surface area contributed by atoms with E-state index in [0.29, 0.717) is 16.6 Å². The highest BCUT2D eigenvalue weighted by Gasteiger charge is 2.14. The number of halogens is 1. The first-order valence-electron chi connectivity index (χ1n) is 5.95. The monoisotopic (exact) mass is 287 g/mol. The van der Waals surface area contributed by atoms with Crippen LogP contribution in [0.15, 0.2) is 36.4 Å². The second-order valence-electron chi connectivity index (χ2n) is 4.43. The summed E-state index contributed by atoms with van der Waals surface area (Å²) in [5.74, 6) is -1.56. The smallest absolute Gasteiger partial charge is 0.336 e. The van der Waals surface area contributed by atoms with E-state index in [-0.39, 0.29) is 5.56 Å². The summed E-state index contributed by atoms with van der Waals surface area (Å²) < 4.78 is 13.3. The molecule has 0 aliphatic heterocycles. The first kappa shape index (κ1) is 12.7. The summed E-state index contributed by atoms with van der Waals surface area (Å²) in [6.07, 6.45) is 0. The number of nitrogens with zero attached hydrogens (tertiary/aromatic N) is 1. The molecule has 0 unspecified atom stereocenters. The molecule has 0 saturated carbocycles. The van der Waals surface area contributed by atoms with Crippen molar-refractivity contribution in [2.75, 3.05) is 0 Å². The zero-order valence-electron chi connectivity index (χ0n) is 10.6. The quantitative estimate of drug-likeness (QED) is 0.771. The van der Waals surface area contributed by atoms with Gasteiger partial charge in [0.25, 0.3) is 0 Å². The molecule has 0 bridgehead atoms. The van der Waals surface area contributed by atoms with Crippen LogP contribution in [0.25, 0.3) is 21.5 Å². The van der Waals surface area contributed by atoms with Gasteiger partial charge in [0.05, 0.1) is 21.7 Å². The Kier molecular flexibility index (Phi) is 2.99. The fraction of sp³-hybridized carbons (Fsp3) is 0.0667. The van der Waals surface area contributed by atoms with Crippen LogP contribution < -0.4 is 0 Å². The molecule has 0 fully saturated rings. The van der Waals surface area contributed by atoms with E-state index in [1.165, 1.54) is 24.3 Å². The van der Waals surface area contributed by atoms with E-state index in [1.54, 1.807) is 11.3 Å². The second kappa shape index (κ2) is 4.68. The maximum absolute atomic E-state index is 13.3. The minimum atomic E-state index is -1.09. The molecule has 2 heterocycles. The van der Waals surface area contributed by atoms with Crippen LogP contribution >= 0.6 is 11.3 Å². The maximum Gasteiger partial charge on any atom is 0.336 e. The van der Waals surface area contributed by atoms with Crippen molar-refractivity contribution in [2.45, 2.75) is 6.92 Å². The van der Waals surface area contributed by atoms with Crippen molar-refractivity contribution < 1.29 is 14.3 Å². The van der Waals surface area contributed by atoms with E-state index in [4.69, 9.17) is 0 Å². The van der Waals surface area contributed by atoms with E-state index in [1.807, 2.05) is 19.1 Å². The van der Waals surface area contributed by atoms with Gasteiger partial charge in [0, 0.05) is 10.3 Å². The number of rotatable bonds is 2. The molecule has 100 valence electrons. The molecule has 0 aliphatic rings. The molecule has 3 rings (SSSR count). The Labute approximate surface area is 118 Å². The van der Waals surface area contributed by atoms with Crippen LogP contribution in [0.4, 0.5) is 4.39 Å². The number of aromatic nitrogens is 1. The molecule has 3 aromatic rings. The molecule has 20 heavy (non-hydrogen) atoms. The summed E-state index contributed by atoms with van der Waals surface area (Å²) in [7, 11) is 0. The summed E-state index contributed by atoms with van der Waals surface area (Å²) >= 11 is 1.54. The number of aryl methyl sites for hydroxylation is 1. The lowest BCUT2D eigenvalue weighted by molar-refractivity contribution is 0.0699. The summed E-state index contributed by atoms with van der Waals surface area (Å²) in [5.41, 5.74) is 1.14. The third kappa shape index (κ3) is 2.16. The van der Waals surface area contributed by atoms with Gasteiger partial charge < -0.3 is 5.11 Å². The molecular weight excluding hydrogens is 277 g/mol. The van der Waals surface area contributed by atoms with Crippen molar-refractivity contribution in [2.24, 2.45) is 0 Å². The summed E-state index contributed by atoms with van der Waals surface area (Å²) in [4.78, 5) is 17.8. The Balaban J connectivity index is 2.31. The van der Waals surface area contributed by atoms with Crippen LogP contribution in [0.1, 0.15) is 15.2 Å². The number of carboxylic acid groups (broad SMARTS) is 1. The van der Waals surface area contributed by atoms with Gasteiger partial charge in [0.1, 0.15) is 5.82 Å². The van der Waals surface area contributed by atoms with Gasteiger partial charge in [-0.15, -0.1) is 11.3 Å². The number of hydrogen-bond acceptors (Lipinski definition) is 3. The summed E-state index contributed by atoms with van der Waals surface area (Å²) in [6.45, 7) is 1.97. The predicted molar refractivity (Wildman–Crippen MR) is 76.7 cm³/mol. The van der Waals surface area contributed by atoms with E-state index < -0.39 is 11.8 Å². The van der Waals surface area contributed by atoms with E-state index in [0.717, 1.165) is 9.75 Å². The number of carboxylic acids is 1. The van der Waals surface area contributed by atoms with Crippen LogP contribution in [0, 0.1) is 12.7 Å². The van der Waals surface area contributed by atoms with Gasteiger partial charge >= 0.3 is 5.97 Å². The first-order chi connectivity index (χ1) is 9.54. The van der Waals surface area contributed by atoms with Crippen LogP contribution in [0.3, 0.4) is 0 Å². The van der Waals surface area contributed by atoms with Crippen LogP contribution in [-0.4, -0.2) is 16.1 Å². The molecular formula is C15H10FNO2S. The summed E-state index contributed by atoms with van der Waals surface area (Å²) in [5, 5.41) is 9.62. The van der Waals surface area contributed by atoms with Crippen LogP contribution in [-0.2, 0) is 0 Å². The van der Waals surface area contributed by atoms with Crippen molar-refractivity contribution in [3.8, 4) is 10.6 Å². The Hall–Kier alpha value is -2.27. The third-order valence-corrected chi connectivity index (χ3v) is 4.02. The highest BCUT2D eigenvalue weighted by atomic mass is 32.1. The fourth-order valence-corrected chi connectivity index (χ4v) is 2.90. The van der Waals surface area contributed by atoms with Crippen molar-refractivity contribution in [1.82, 2.24) is 4.98 Å². The number of fused-ring (bicyclic) bond motifs is 1. The number of pyridine rings is 1. The number of thiophene rings is 1. The average molecular weight is 287 g/mol. The van der Waals surface area contributed by atoms with Gasteiger partial charge in [-0.1, -0.05) is 0 Å². The highest BCUT2D eigenvalue weighted by molar-refractivity contribution is 7.15. The first-order valence-corrected chi connectivity index (χ1v) is 6.76. The van der Waals surface area contributed by atoms with Gasteiger partial charge in [0.15, 0.2) is 0 Å². The van der Waals surface area contributed by atoms with Crippen LogP contribution in [0.2, 0.25) is 0 Å². The molecule has 0 atom stereocenters. The van der Waals surface area contributed by atoms with E-state index in [2.05, 4.69) is 4.98 Å². The molecule has 5 heteroatoms. The minimum absolute atomic E-state index is 0.0653. The van der Waals surface area contributed by atoms with Gasteiger partial charge in [-0.3, -0.25) is 0 Å². The normalized spacial score (nSPS) is 10.9. The van der Waals surface area contributed by atoms with Gasteiger partial charge in [-0.05, 0) is 43.3 Å². The standard InChI is InChI=1S/C15H10FNO2S/c1-8-2-5-14(20-8)13-7-11(15(18)19)10-6-9(16)3-4-12(10)17-13/h2-7H,1H3,(H,18,19). The van der Waals surface area contributed by atoms with Crippen molar-refractivity contribution in [3.05, 3.63) is 52.7 Å². The summed E-state index contributed by atoms with van der Waals surface area (Å²) in [6, 6.07) is 9.34. The van der Waals surface area contributed by atoms with Gasteiger partial charge in [0.2, 0.25) is 0 Å². The largest absolute Gasteiger partial charge is 0.478 e. The zero-order valence-corrected chi connectivity index (χ0v) is 11.4. The maximum atomic E-state index is 13.3. The Bertz CT molecular complexity index is 826. The van der Waals surface area contributed by atoms with E-state index >= 15 is 0 Å². The zero-order chi connectivity index (χ0) is 14.3. The van der Waals surface area contributed by atoms with Gasteiger partial charge in [-0.25, -0.2) is 14.2 Å². The van der Waals surface area contributed by atoms with Gasteiger partial charge in [-0.2, -0.15) is 0 Å². The average Bonchev–Trinajstić information content (AvgIpc) is 2.84. The molecule has 0 aliphatic carbocycles. The third-order valence-electron chi connectivity index (χ3n) is 2.99. The lowest BCUT2D eigenvalue weighted by Gasteiger charge is -2.05. The number of carbonyl (C=O) groups is 1. The predicted octanol–water partition coefficient (Wildman–Crippen LogP) is 4.11. The SMILES string of the molecule is Cc1ccc(-c2cc(C(=O)O)c3cc(F)ccc3n2)s1. The van der Waals surface area contributed by atoms with Crippen LogP contribution in [0.5, 0.6) is 0 Å². The topological polar surface area (TPSA) is 50.2 Å². The Morgan fingerprint density at radius 3 is 2.70 bits per heavy atom. The lowest BCUT2D eigenvalue weighted by Crippen LogP contribution is -2.00. The fourth-order valence-electron chi connectivity index (χ4n) is 2.07. The second-order valence-corrected chi connectivity index (χ2v) is 5.72. The van der Waals surface area contributed by atoms with Crippen molar-refractivity contribution in [3.63, 3.8) is 0 Å². The number of benzene rings is 1. The molecule has 1 N–H and O–H groups in total.